The van der Waals surface area contributed by atoms with Gasteiger partial charge in [0.05, 0.1) is 17.9 Å². The van der Waals surface area contributed by atoms with E-state index in [9.17, 15) is 4.79 Å². The number of carboxylic acid groups (broad SMARTS) is 1. The van der Waals surface area contributed by atoms with E-state index in [1.165, 1.54) is 5.56 Å². The predicted octanol–water partition coefficient (Wildman–Crippen LogP) is 2.96. The second-order valence-electron chi connectivity index (χ2n) is 6.77. The predicted molar refractivity (Wildman–Crippen MR) is 95.2 cm³/mol. The minimum absolute atomic E-state index is 0.160. The third-order valence-corrected chi connectivity index (χ3v) is 4.76. The normalized spacial score (nSPS) is 17.9. The molecule has 1 saturated heterocycles. The van der Waals surface area contributed by atoms with Crippen LogP contribution >= 0.6 is 0 Å². The first kappa shape index (κ1) is 17.6. The molecule has 134 valence electrons. The summed E-state index contributed by atoms with van der Waals surface area (Å²) in [4.78, 5) is 18.1. The van der Waals surface area contributed by atoms with E-state index in [2.05, 4.69) is 29.2 Å². The van der Waals surface area contributed by atoms with Crippen molar-refractivity contribution in [2.45, 2.75) is 58.7 Å². The maximum Gasteiger partial charge on any atom is 0.303 e. The Morgan fingerprint density at radius 3 is 2.92 bits per heavy atom. The van der Waals surface area contributed by atoms with Crippen LogP contribution in [0, 0.1) is 6.92 Å². The smallest absolute Gasteiger partial charge is 0.303 e. The Kier molecular flexibility index (Phi) is 5.48. The van der Waals surface area contributed by atoms with Crippen molar-refractivity contribution in [1.29, 1.82) is 0 Å². The zero-order valence-electron chi connectivity index (χ0n) is 15.0. The summed E-state index contributed by atoms with van der Waals surface area (Å²) in [6.07, 6.45) is 7.02. The van der Waals surface area contributed by atoms with Crippen LogP contribution in [0.1, 0.15) is 54.7 Å². The molecule has 3 rings (SSSR count). The maximum absolute atomic E-state index is 10.8. The van der Waals surface area contributed by atoms with E-state index >= 15 is 0 Å². The van der Waals surface area contributed by atoms with Crippen LogP contribution in [0.5, 0.6) is 0 Å². The van der Waals surface area contributed by atoms with Gasteiger partial charge in [0.2, 0.25) is 0 Å². The molecule has 25 heavy (non-hydrogen) atoms. The van der Waals surface area contributed by atoms with Crippen molar-refractivity contribution in [1.82, 2.24) is 19.7 Å². The molecule has 6 heteroatoms. The van der Waals surface area contributed by atoms with E-state index in [0.717, 1.165) is 49.4 Å². The lowest BCUT2D eigenvalue weighted by Gasteiger charge is -2.24. The quantitative estimate of drug-likeness (QED) is 0.837. The third kappa shape index (κ3) is 4.45. The van der Waals surface area contributed by atoms with Crippen molar-refractivity contribution in [3.63, 3.8) is 0 Å². The number of aliphatic carboxylic acids is 1. The summed E-state index contributed by atoms with van der Waals surface area (Å²) in [6.45, 7) is 6.89. The highest BCUT2D eigenvalue weighted by atomic mass is 16.4. The number of carboxylic acids is 1. The van der Waals surface area contributed by atoms with Crippen LogP contribution in [0.3, 0.4) is 0 Å². The van der Waals surface area contributed by atoms with Gasteiger partial charge in [-0.15, -0.1) is 0 Å². The van der Waals surface area contributed by atoms with Crippen molar-refractivity contribution in [3.8, 4) is 0 Å². The lowest BCUT2D eigenvalue weighted by molar-refractivity contribution is -0.136. The van der Waals surface area contributed by atoms with Crippen molar-refractivity contribution in [2.24, 2.45) is 0 Å². The molecule has 1 atom stereocenters. The van der Waals surface area contributed by atoms with Gasteiger partial charge in [0.25, 0.3) is 0 Å². The molecular weight excluding hydrogens is 316 g/mol. The number of hydrogen-bond acceptors (Lipinski definition) is 4. The van der Waals surface area contributed by atoms with Gasteiger partial charge in [0.15, 0.2) is 0 Å². The Morgan fingerprint density at radius 2 is 2.20 bits per heavy atom. The molecule has 2 aromatic rings. The third-order valence-electron chi connectivity index (χ3n) is 4.76. The van der Waals surface area contributed by atoms with Gasteiger partial charge in [0.1, 0.15) is 0 Å². The highest BCUT2D eigenvalue weighted by Gasteiger charge is 2.27. The molecule has 0 unspecified atom stereocenters. The van der Waals surface area contributed by atoms with Gasteiger partial charge in [0, 0.05) is 37.0 Å². The molecular formula is C19H26N4O2. The van der Waals surface area contributed by atoms with Crippen LogP contribution in [-0.4, -0.2) is 37.3 Å². The Morgan fingerprint density at radius 1 is 1.36 bits per heavy atom. The molecule has 1 N–H and O–H groups in total. The van der Waals surface area contributed by atoms with E-state index < -0.39 is 5.97 Å². The number of hydrogen-bond donors (Lipinski definition) is 1. The fourth-order valence-electron chi connectivity index (χ4n) is 3.58. The van der Waals surface area contributed by atoms with Crippen LogP contribution in [0.2, 0.25) is 0 Å². The summed E-state index contributed by atoms with van der Waals surface area (Å²) in [7, 11) is 0. The number of rotatable bonds is 7. The number of carbonyl (C=O) groups is 1. The molecule has 1 aliphatic heterocycles. The molecule has 0 radical (unpaired) electrons. The standard InChI is InChI=1S/C19H26N4O2/c1-3-23-13-16(11-20-23)12-22-8-4-5-18(22)17-10-15(6-7-19(24)25)9-14(2)21-17/h9-11,13,18H,3-8,12H2,1-2H3,(H,24,25)/t18-/m0/s1. The average molecular weight is 342 g/mol. The van der Waals surface area contributed by atoms with E-state index in [-0.39, 0.29) is 6.42 Å². The van der Waals surface area contributed by atoms with Crippen LogP contribution in [0.15, 0.2) is 24.5 Å². The largest absolute Gasteiger partial charge is 0.481 e. The summed E-state index contributed by atoms with van der Waals surface area (Å²) >= 11 is 0. The maximum atomic E-state index is 10.8. The minimum Gasteiger partial charge on any atom is -0.481 e. The summed E-state index contributed by atoms with van der Waals surface area (Å²) in [5.74, 6) is -0.758. The Balaban J connectivity index is 1.75. The van der Waals surface area contributed by atoms with Gasteiger partial charge in [-0.3, -0.25) is 19.4 Å². The fourth-order valence-corrected chi connectivity index (χ4v) is 3.58. The zero-order valence-corrected chi connectivity index (χ0v) is 15.0. The first-order valence-corrected chi connectivity index (χ1v) is 8.99. The van der Waals surface area contributed by atoms with Crippen LogP contribution in [0.4, 0.5) is 0 Å². The lowest BCUT2D eigenvalue weighted by atomic mass is 10.0. The molecule has 0 spiro atoms. The Labute approximate surface area is 148 Å². The van der Waals surface area contributed by atoms with Crippen molar-refractivity contribution >= 4 is 5.97 Å². The minimum atomic E-state index is -0.758. The molecule has 1 fully saturated rings. The van der Waals surface area contributed by atoms with Crippen LogP contribution < -0.4 is 0 Å². The highest BCUT2D eigenvalue weighted by molar-refractivity contribution is 5.67. The molecule has 3 heterocycles. The van der Waals surface area contributed by atoms with Gasteiger partial charge < -0.3 is 5.11 Å². The van der Waals surface area contributed by atoms with Crippen LogP contribution in [-0.2, 0) is 24.3 Å². The summed E-state index contributed by atoms with van der Waals surface area (Å²) in [5.41, 5.74) is 4.33. The van der Waals surface area contributed by atoms with Gasteiger partial charge in [-0.1, -0.05) is 0 Å². The van der Waals surface area contributed by atoms with Gasteiger partial charge in [-0.25, -0.2) is 0 Å². The van der Waals surface area contributed by atoms with Gasteiger partial charge >= 0.3 is 5.97 Å². The van der Waals surface area contributed by atoms with Gasteiger partial charge in [-0.05, 0) is 57.4 Å². The fraction of sp³-hybridized carbons (Fsp3) is 0.526. The summed E-state index contributed by atoms with van der Waals surface area (Å²) in [6, 6.07) is 4.39. The second-order valence-corrected chi connectivity index (χ2v) is 6.77. The highest BCUT2D eigenvalue weighted by Crippen LogP contribution is 2.32. The molecule has 1 aliphatic rings. The Hall–Kier alpha value is -2.21. The number of aromatic nitrogens is 3. The molecule has 0 aromatic carbocycles. The van der Waals surface area contributed by atoms with Crippen molar-refractivity contribution in [2.75, 3.05) is 6.54 Å². The lowest BCUT2D eigenvalue weighted by Crippen LogP contribution is -2.23. The molecule has 0 aliphatic carbocycles. The number of pyridine rings is 1. The van der Waals surface area contributed by atoms with E-state index in [1.54, 1.807) is 0 Å². The number of aryl methyl sites for hydroxylation is 3. The summed E-state index contributed by atoms with van der Waals surface area (Å²) in [5, 5.41) is 13.3. The van der Waals surface area contributed by atoms with Crippen molar-refractivity contribution < 1.29 is 9.90 Å². The molecule has 6 nitrogen and oxygen atoms in total. The van der Waals surface area contributed by atoms with E-state index in [1.807, 2.05) is 23.9 Å². The molecule has 0 saturated carbocycles. The van der Waals surface area contributed by atoms with Gasteiger partial charge in [-0.2, -0.15) is 5.10 Å². The zero-order chi connectivity index (χ0) is 17.8. The number of likely N-dealkylation sites (tertiary alicyclic amines) is 1. The molecule has 0 bridgehead atoms. The second kappa shape index (κ2) is 7.78. The topological polar surface area (TPSA) is 71.2 Å². The first-order chi connectivity index (χ1) is 12.0. The molecule has 2 aromatic heterocycles. The summed E-state index contributed by atoms with van der Waals surface area (Å²) < 4.78 is 1.95. The van der Waals surface area contributed by atoms with Crippen LogP contribution in [0.25, 0.3) is 0 Å². The SMILES string of the molecule is CCn1cc(CN2CCC[C@H]2c2cc(CCC(=O)O)cc(C)n2)cn1. The Bertz CT molecular complexity index is 741. The van der Waals surface area contributed by atoms with Crippen molar-refractivity contribution in [3.05, 3.63) is 47.0 Å². The van der Waals surface area contributed by atoms with E-state index in [4.69, 9.17) is 10.1 Å². The molecule has 0 amide bonds. The number of nitrogens with zero attached hydrogens (tertiary/aromatic N) is 4. The first-order valence-electron chi connectivity index (χ1n) is 8.99. The monoisotopic (exact) mass is 342 g/mol. The van der Waals surface area contributed by atoms with E-state index in [0.29, 0.717) is 12.5 Å². The average Bonchev–Trinajstić information content (AvgIpc) is 3.22.